The van der Waals surface area contributed by atoms with Gasteiger partial charge in [-0.3, -0.25) is 4.79 Å². The van der Waals surface area contributed by atoms with Gasteiger partial charge in [0.25, 0.3) is 5.91 Å². The fourth-order valence-electron chi connectivity index (χ4n) is 2.47. The molecule has 0 spiro atoms. The molecule has 0 aromatic carbocycles. The first kappa shape index (κ1) is 15.8. The number of hydrogen-bond donors (Lipinski definition) is 1. The van der Waals surface area contributed by atoms with Crippen LogP contribution in [0.3, 0.4) is 0 Å². The number of aromatic nitrogens is 1. The number of aryl methyl sites for hydroxylation is 1. The average molecular weight is 311 g/mol. The number of carbonyl (C=O) groups is 1. The first-order chi connectivity index (χ1) is 9.86. The lowest BCUT2D eigenvalue weighted by Gasteiger charge is -2.23. The zero-order valence-electron chi connectivity index (χ0n) is 12.6. The van der Waals surface area contributed by atoms with Crippen molar-refractivity contribution in [2.24, 2.45) is 0 Å². The van der Waals surface area contributed by atoms with Gasteiger partial charge in [-0.2, -0.15) is 0 Å². The maximum atomic E-state index is 12.6. The molecule has 0 aliphatic carbocycles. The van der Waals surface area contributed by atoms with Crippen LogP contribution in [-0.2, 0) is 16.3 Å². The Balaban J connectivity index is 2.23. The highest BCUT2D eigenvalue weighted by Gasteiger charge is 2.33. The van der Waals surface area contributed by atoms with E-state index < -0.39 is 9.84 Å². The Morgan fingerprint density at radius 2 is 2.19 bits per heavy atom. The number of sulfone groups is 1. The number of hydrogen-bond acceptors (Lipinski definition) is 5. The Kier molecular flexibility index (Phi) is 4.51. The minimum absolute atomic E-state index is 0.0554. The van der Waals surface area contributed by atoms with Crippen LogP contribution >= 0.6 is 0 Å². The van der Waals surface area contributed by atoms with Crippen LogP contribution < -0.4 is 5.32 Å². The minimum Gasteiger partial charge on any atom is -0.373 e. The van der Waals surface area contributed by atoms with E-state index in [1.807, 2.05) is 6.92 Å². The third-order valence-electron chi connectivity index (χ3n) is 3.82. The van der Waals surface area contributed by atoms with E-state index >= 15 is 0 Å². The Morgan fingerprint density at radius 1 is 1.48 bits per heavy atom. The van der Waals surface area contributed by atoms with Gasteiger partial charge in [-0.1, -0.05) is 6.92 Å². The van der Waals surface area contributed by atoms with Crippen molar-refractivity contribution in [3.8, 4) is 0 Å². The van der Waals surface area contributed by atoms with Crippen LogP contribution in [0.5, 0.6) is 0 Å². The van der Waals surface area contributed by atoms with Crippen molar-refractivity contribution in [1.29, 1.82) is 0 Å². The molecule has 1 amide bonds. The molecule has 6 nitrogen and oxygen atoms in total. The fourth-order valence-corrected chi connectivity index (χ4v) is 4.25. The molecule has 1 saturated heterocycles. The smallest absolute Gasteiger partial charge is 0.254 e. The van der Waals surface area contributed by atoms with Crippen molar-refractivity contribution in [3.63, 3.8) is 0 Å². The zero-order valence-corrected chi connectivity index (χ0v) is 13.4. The summed E-state index contributed by atoms with van der Waals surface area (Å²) >= 11 is 0. The van der Waals surface area contributed by atoms with Crippen LogP contribution in [0.1, 0.15) is 29.4 Å². The quantitative estimate of drug-likeness (QED) is 0.895. The Hall–Kier alpha value is -1.63. The molecule has 1 unspecified atom stereocenters. The first-order valence-corrected chi connectivity index (χ1v) is 8.84. The van der Waals surface area contributed by atoms with Crippen molar-refractivity contribution in [2.45, 2.75) is 25.8 Å². The summed E-state index contributed by atoms with van der Waals surface area (Å²) in [5, 5.41) is 2.94. The predicted octanol–water partition coefficient (Wildman–Crippen LogP) is 0.945. The molecule has 7 heteroatoms. The van der Waals surface area contributed by atoms with E-state index in [2.05, 4.69) is 10.3 Å². The molecular formula is C14H21N3O3S. The SMILES string of the molecule is CCc1cc(C(=O)N(C)C2CCS(=O)(=O)C2)cc(NC)n1. The van der Waals surface area contributed by atoms with Gasteiger partial charge in [-0.25, -0.2) is 13.4 Å². The molecule has 1 fully saturated rings. The van der Waals surface area contributed by atoms with Gasteiger partial charge in [0.05, 0.1) is 11.5 Å². The molecule has 2 heterocycles. The maximum Gasteiger partial charge on any atom is 0.254 e. The van der Waals surface area contributed by atoms with Gasteiger partial charge in [-0.05, 0) is 25.0 Å². The molecule has 0 saturated carbocycles. The standard InChI is InChI=1S/C14H21N3O3S/c1-4-11-7-10(8-13(15-2)16-11)14(18)17(3)12-5-6-21(19,20)9-12/h7-8,12H,4-6,9H2,1-3H3,(H,15,16). The molecule has 1 aromatic heterocycles. The number of pyridine rings is 1. The van der Waals surface area contributed by atoms with E-state index in [-0.39, 0.29) is 23.5 Å². The first-order valence-electron chi connectivity index (χ1n) is 7.02. The summed E-state index contributed by atoms with van der Waals surface area (Å²) in [6.07, 6.45) is 1.24. The number of carbonyl (C=O) groups excluding carboxylic acids is 1. The van der Waals surface area contributed by atoms with Crippen LogP contribution in [0.4, 0.5) is 5.82 Å². The summed E-state index contributed by atoms with van der Waals surface area (Å²) in [7, 11) is 0.418. The summed E-state index contributed by atoms with van der Waals surface area (Å²) in [5.74, 6) is 0.698. The van der Waals surface area contributed by atoms with Crippen LogP contribution in [0.2, 0.25) is 0 Å². The van der Waals surface area contributed by atoms with E-state index in [9.17, 15) is 13.2 Å². The van der Waals surface area contributed by atoms with Gasteiger partial charge in [0.2, 0.25) is 0 Å². The number of amides is 1. The molecule has 1 atom stereocenters. The van der Waals surface area contributed by atoms with Crippen molar-refractivity contribution in [2.75, 3.05) is 30.9 Å². The van der Waals surface area contributed by atoms with E-state index in [1.165, 1.54) is 0 Å². The number of anilines is 1. The van der Waals surface area contributed by atoms with E-state index in [4.69, 9.17) is 0 Å². The van der Waals surface area contributed by atoms with Crippen LogP contribution in [0.15, 0.2) is 12.1 Å². The summed E-state index contributed by atoms with van der Waals surface area (Å²) in [4.78, 5) is 18.4. The largest absolute Gasteiger partial charge is 0.373 e. The van der Waals surface area contributed by atoms with Crippen LogP contribution in [0, 0.1) is 0 Å². The fraction of sp³-hybridized carbons (Fsp3) is 0.571. The molecule has 2 rings (SSSR count). The van der Waals surface area contributed by atoms with Crippen molar-refractivity contribution >= 4 is 21.6 Å². The lowest BCUT2D eigenvalue weighted by atomic mass is 10.1. The van der Waals surface area contributed by atoms with Gasteiger partial charge in [0.15, 0.2) is 9.84 Å². The number of nitrogens with one attached hydrogen (secondary N) is 1. The Morgan fingerprint density at radius 3 is 2.71 bits per heavy atom. The summed E-state index contributed by atoms with van der Waals surface area (Å²) < 4.78 is 23.1. The maximum absolute atomic E-state index is 12.6. The van der Waals surface area contributed by atoms with Gasteiger partial charge in [0.1, 0.15) is 5.82 Å². The second kappa shape index (κ2) is 6.01. The Labute approximate surface area is 125 Å². The highest BCUT2D eigenvalue weighted by molar-refractivity contribution is 7.91. The van der Waals surface area contributed by atoms with Gasteiger partial charge >= 0.3 is 0 Å². The second-order valence-electron chi connectivity index (χ2n) is 5.31. The van der Waals surface area contributed by atoms with Crippen molar-refractivity contribution < 1.29 is 13.2 Å². The molecule has 116 valence electrons. The molecule has 0 radical (unpaired) electrons. The second-order valence-corrected chi connectivity index (χ2v) is 7.54. The van der Waals surface area contributed by atoms with Crippen molar-refractivity contribution in [1.82, 2.24) is 9.88 Å². The molecular weight excluding hydrogens is 290 g/mol. The third-order valence-corrected chi connectivity index (χ3v) is 5.57. The summed E-state index contributed by atoms with van der Waals surface area (Å²) in [5.41, 5.74) is 1.37. The van der Waals surface area contributed by atoms with Gasteiger partial charge in [-0.15, -0.1) is 0 Å². The molecule has 21 heavy (non-hydrogen) atoms. The van der Waals surface area contributed by atoms with Gasteiger partial charge < -0.3 is 10.2 Å². The highest BCUT2D eigenvalue weighted by atomic mass is 32.2. The average Bonchev–Trinajstić information content (AvgIpc) is 2.85. The van der Waals surface area contributed by atoms with Gasteiger partial charge in [0, 0.05) is 31.4 Å². The van der Waals surface area contributed by atoms with Crippen LogP contribution in [-0.4, -0.2) is 55.9 Å². The zero-order chi connectivity index (χ0) is 15.6. The molecule has 1 aromatic rings. The summed E-state index contributed by atoms with van der Waals surface area (Å²) in [6, 6.07) is 3.23. The van der Waals surface area contributed by atoms with E-state index in [1.54, 1.807) is 31.1 Å². The molecule has 1 aliphatic heterocycles. The minimum atomic E-state index is -3.00. The predicted molar refractivity (Wildman–Crippen MR) is 82.3 cm³/mol. The number of rotatable bonds is 4. The number of nitrogens with zero attached hydrogens (tertiary/aromatic N) is 2. The van der Waals surface area contributed by atoms with Crippen molar-refractivity contribution in [3.05, 3.63) is 23.4 Å². The Bertz CT molecular complexity index is 621. The van der Waals surface area contributed by atoms with E-state index in [0.29, 0.717) is 17.8 Å². The molecule has 1 N–H and O–H groups in total. The lowest BCUT2D eigenvalue weighted by molar-refractivity contribution is 0.0747. The monoisotopic (exact) mass is 311 g/mol. The summed E-state index contributed by atoms with van der Waals surface area (Å²) in [6.45, 7) is 1.98. The third kappa shape index (κ3) is 3.53. The highest BCUT2D eigenvalue weighted by Crippen LogP contribution is 2.20. The topological polar surface area (TPSA) is 79.4 Å². The normalized spacial score (nSPS) is 20.2. The lowest BCUT2D eigenvalue weighted by Crippen LogP contribution is -2.37. The van der Waals surface area contributed by atoms with Crippen LogP contribution in [0.25, 0.3) is 0 Å². The molecule has 0 bridgehead atoms. The van der Waals surface area contributed by atoms with E-state index in [0.717, 1.165) is 12.1 Å². The molecule has 1 aliphatic rings.